The summed E-state index contributed by atoms with van der Waals surface area (Å²) in [5.74, 6) is -0.551. The normalized spacial score (nSPS) is 12.2. The van der Waals surface area contributed by atoms with Crippen LogP contribution in [0.1, 0.15) is 18.5 Å². The molecule has 0 aliphatic rings. The van der Waals surface area contributed by atoms with Gasteiger partial charge in [0.1, 0.15) is 16.7 Å². The van der Waals surface area contributed by atoms with E-state index in [1.807, 2.05) is 6.92 Å². The number of aromatic hydroxyl groups is 1. The first-order valence-corrected chi connectivity index (χ1v) is 6.70. The van der Waals surface area contributed by atoms with Crippen LogP contribution in [0.3, 0.4) is 0 Å². The van der Waals surface area contributed by atoms with Crippen LogP contribution >= 0.6 is 27.5 Å². The van der Waals surface area contributed by atoms with Crippen molar-refractivity contribution in [3.8, 4) is 5.75 Å². The summed E-state index contributed by atoms with van der Waals surface area (Å²) in [6.07, 6.45) is 1.57. The van der Waals surface area contributed by atoms with E-state index in [9.17, 15) is 9.50 Å². The summed E-state index contributed by atoms with van der Waals surface area (Å²) < 4.78 is 14.4. The number of aromatic nitrogens is 1. The van der Waals surface area contributed by atoms with E-state index in [1.54, 1.807) is 18.3 Å². The molecule has 0 saturated heterocycles. The molecule has 2 N–H and O–H groups in total. The van der Waals surface area contributed by atoms with Gasteiger partial charge in [-0.05, 0) is 35.0 Å². The highest BCUT2D eigenvalue weighted by molar-refractivity contribution is 9.10. The lowest BCUT2D eigenvalue weighted by Crippen LogP contribution is -2.08. The number of rotatable bonds is 3. The highest BCUT2D eigenvalue weighted by Crippen LogP contribution is 2.27. The van der Waals surface area contributed by atoms with E-state index < -0.39 is 5.82 Å². The fourth-order valence-electron chi connectivity index (χ4n) is 1.70. The summed E-state index contributed by atoms with van der Waals surface area (Å²) in [4.78, 5) is 3.98. The molecule has 0 fully saturated rings. The van der Waals surface area contributed by atoms with Crippen molar-refractivity contribution < 1.29 is 9.50 Å². The van der Waals surface area contributed by atoms with E-state index in [-0.39, 0.29) is 11.8 Å². The Morgan fingerprint density at radius 1 is 1.42 bits per heavy atom. The Hall–Kier alpha value is -1.33. The number of phenolic OH excluding ortho intramolecular Hbond substituents is 1. The van der Waals surface area contributed by atoms with Crippen LogP contribution in [0, 0.1) is 5.82 Å². The molecule has 6 heteroatoms. The van der Waals surface area contributed by atoms with Gasteiger partial charge in [0, 0.05) is 11.6 Å². The molecule has 1 unspecified atom stereocenters. The van der Waals surface area contributed by atoms with Crippen molar-refractivity contribution >= 4 is 33.2 Å². The zero-order chi connectivity index (χ0) is 14.0. The van der Waals surface area contributed by atoms with E-state index in [2.05, 4.69) is 26.2 Å². The van der Waals surface area contributed by atoms with Crippen molar-refractivity contribution in [3.63, 3.8) is 0 Å². The highest BCUT2D eigenvalue weighted by Gasteiger charge is 2.12. The minimum absolute atomic E-state index is 0.0932. The van der Waals surface area contributed by atoms with E-state index in [4.69, 9.17) is 11.6 Å². The van der Waals surface area contributed by atoms with Crippen molar-refractivity contribution in [2.75, 3.05) is 5.32 Å². The molecule has 2 aromatic rings. The number of anilines is 1. The first kappa shape index (κ1) is 14.1. The topological polar surface area (TPSA) is 45.2 Å². The third kappa shape index (κ3) is 3.36. The van der Waals surface area contributed by atoms with Crippen LogP contribution < -0.4 is 5.32 Å². The van der Waals surface area contributed by atoms with Gasteiger partial charge in [0.15, 0.2) is 0 Å². The van der Waals surface area contributed by atoms with E-state index in [0.717, 1.165) is 11.8 Å². The zero-order valence-corrected chi connectivity index (χ0v) is 12.3. The van der Waals surface area contributed by atoms with Crippen LogP contribution in [0.2, 0.25) is 5.15 Å². The van der Waals surface area contributed by atoms with Gasteiger partial charge in [0.05, 0.1) is 22.4 Å². The number of phenols is 1. The lowest BCUT2D eigenvalue weighted by atomic mass is 10.1. The molecule has 19 heavy (non-hydrogen) atoms. The molecular formula is C13H11BrClFN2O. The van der Waals surface area contributed by atoms with Crippen LogP contribution in [0.25, 0.3) is 0 Å². The van der Waals surface area contributed by atoms with E-state index >= 15 is 0 Å². The molecule has 2 rings (SSSR count). The minimum atomic E-state index is -0.457. The van der Waals surface area contributed by atoms with E-state index in [1.165, 1.54) is 6.07 Å². The maximum absolute atomic E-state index is 13.7. The maximum Gasteiger partial charge on any atom is 0.143 e. The fourth-order valence-corrected chi connectivity index (χ4v) is 2.15. The molecule has 100 valence electrons. The second-order valence-corrected chi connectivity index (χ2v) is 5.28. The Bertz CT molecular complexity index is 609. The lowest BCUT2D eigenvalue weighted by molar-refractivity contribution is 0.467. The molecule has 0 bridgehead atoms. The number of pyridine rings is 1. The number of hydrogen-bond acceptors (Lipinski definition) is 3. The van der Waals surface area contributed by atoms with Crippen molar-refractivity contribution in [2.45, 2.75) is 13.0 Å². The van der Waals surface area contributed by atoms with Gasteiger partial charge in [0.25, 0.3) is 0 Å². The molecule has 1 atom stereocenters. The predicted molar refractivity (Wildman–Crippen MR) is 77.0 cm³/mol. The smallest absolute Gasteiger partial charge is 0.143 e. The molecule has 0 aliphatic carbocycles. The average molecular weight is 346 g/mol. The Balaban J connectivity index is 2.20. The van der Waals surface area contributed by atoms with Gasteiger partial charge < -0.3 is 10.4 Å². The number of benzene rings is 1. The van der Waals surface area contributed by atoms with Gasteiger partial charge in [-0.15, -0.1) is 0 Å². The average Bonchev–Trinajstić information content (AvgIpc) is 2.33. The van der Waals surface area contributed by atoms with Gasteiger partial charge in [-0.25, -0.2) is 9.37 Å². The number of nitrogens with zero attached hydrogens (tertiary/aromatic N) is 1. The molecular weight excluding hydrogens is 335 g/mol. The second-order valence-electron chi connectivity index (χ2n) is 4.07. The van der Waals surface area contributed by atoms with Crippen LogP contribution in [0.5, 0.6) is 5.75 Å². The molecule has 1 aromatic carbocycles. The lowest BCUT2D eigenvalue weighted by Gasteiger charge is -2.16. The van der Waals surface area contributed by atoms with Crippen molar-refractivity contribution in [1.29, 1.82) is 0 Å². The van der Waals surface area contributed by atoms with Crippen molar-refractivity contribution in [1.82, 2.24) is 4.98 Å². The standard InChI is InChI=1S/C13H11BrClFN2O/c1-7(10-3-2-9(19)5-12(10)16)18-8-4-11(14)13(15)17-6-8/h2-7,18-19H,1H3. The monoisotopic (exact) mass is 344 g/mol. The minimum Gasteiger partial charge on any atom is -0.508 e. The molecule has 0 radical (unpaired) electrons. The predicted octanol–water partition coefficient (Wildman–Crippen LogP) is 4.52. The summed E-state index contributed by atoms with van der Waals surface area (Å²) in [7, 11) is 0. The maximum atomic E-state index is 13.7. The molecule has 0 amide bonds. The molecule has 1 aromatic heterocycles. The van der Waals surface area contributed by atoms with Crippen LogP contribution in [-0.2, 0) is 0 Å². The summed E-state index contributed by atoms with van der Waals surface area (Å²) >= 11 is 9.08. The fraction of sp³-hybridized carbons (Fsp3) is 0.154. The summed E-state index contributed by atoms with van der Waals surface area (Å²) in [5, 5.41) is 12.7. The Labute approximate surface area is 123 Å². The number of hydrogen-bond donors (Lipinski definition) is 2. The second kappa shape index (κ2) is 5.75. The van der Waals surface area contributed by atoms with Crippen LogP contribution in [0.4, 0.5) is 10.1 Å². The van der Waals surface area contributed by atoms with Crippen LogP contribution in [-0.4, -0.2) is 10.1 Å². The number of nitrogens with one attached hydrogen (secondary N) is 1. The number of halogens is 3. The van der Waals surface area contributed by atoms with Gasteiger partial charge in [0.2, 0.25) is 0 Å². The first-order valence-electron chi connectivity index (χ1n) is 5.53. The Morgan fingerprint density at radius 3 is 2.79 bits per heavy atom. The summed E-state index contributed by atoms with van der Waals surface area (Å²) in [6.45, 7) is 1.82. The molecule has 1 heterocycles. The molecule has 0 spiro atoms. The van der Waals surface area contributed by atoms with Gasteiger partial charge >= 0.3 is 0 Å². The Morgan fingerprint density at radius 2 is 2.16 bits per heavy atom. The van der Waals surface area contributed by atoms with Gasteiger partial charge in [-0.3, -0.25) is 0 Å². The van der Waals surface area contributed by atoms with Crippen LogP contribution in [0.15, 0.2) is 34.9 Å². The third-order valence-electron chi connectivity index (χ3n) is 2.63. The third-order valence-corrected chi connectivity index (χ3v) is 3.76. The largest absolute Gasteiger partial charge is 0.508 e. The Kier molecular flexibility index (Phi) is 4.27. The highest BCUT2D eigenvalue weighted by atomic mass is 79.9. The molecule has 0 aliphatic heterocycles. The molecule has 0 saturated carbocycles. The van der Waals surface area contributed by atoms with Crippen molar-refractivity contribution in [2.24, 2.45) is 0 Å². The van der Waals surface area contributed by atoms with Crippen molar-refractivity contribution in [3.05, 3.63) is 51.5 Å². The van der Waals surface area contributed by atoms with Gasteiger partial charge in [-0.2, -0.15) is 0 Å². The van der Waals surface area contributed by atoms with Gasteiger partial charge in [-0.1, -0.05) is 17.7 Å². The van der Waals surface area contributed by atoms with E-state index in [0.29, 0.717) is 15.2 Å². The first-order chi connectivity index (χ1) is 8.97. The SMILES string of the molecule is CC(Nc1cnc(Cl)c(Br)c1)c1ccc(O)cc1F. The quantitative estimate of drug-likeness (QED) is 0.804. The summed E-state index contributed by atoms with van der Waals surface area (Å²) in [5.41, 5.74) is 1.18. The summed E-state index contributed by atoms with van der Waals surface area (Å²) in [6, 6.07) is 5.58. The zero-order valence-electron chi connectivity index (χ0n) is 9.99. The molecule has 3 nitrogen and oxygen atoms in total.